The second-order valence-corrected chi connectivity index (χ2v) is 4.52. The molecule has 0 amide bonds. The maximum absolute atomic E-state index is 6.11. The molecule has 13 heavy (non-hydrogen) atoms. The summed E-state index contributed by atoms with van der Waals surface area (Å²) < 4.78 is 0. The van der Waals surface area contributed by atoms with Crippen molar-refractivity contribution in [2.45, 2.75) is 25.1 Å². The monoisotopic (exact) mass is 197 g/mol. The molecule has 0 saturated carbocycles. The Kier molecular flexibility index (Phi) is 2.75. The van der Waals surface area contributed by atoms with Crippen molar-refractivity contribution in [2.75, 3.05) is 13.1 Å². The van der Waals surface area contributed by atoms with Crippen LogP contribution in [-0.2, 0) is 0 Å². The molecule has 2 aliphatic rings. The lowest BCUT2D eigenvalue weighted by Gasteiger charge is -2.20. The average molecular weight is 198 g/mol. The molecule has 0 aromatic carbocycles. The van der Waals surface area contributed by atoms with Crippen LogP contribution in [0.15, 0.2) is 23.3 Å². The second-order valence-electron chi connectivity index (χ2n) is 3.96. The van der Waals surface area contributed by atoms with E-state index >= 15 is 0 Å². The summed E-state index contributed by atoms with van der Waals surface area (Å²) in [6.45, 7) is 4.47. The van der Waals surface area contributed by atoms with Gasteiger partial charge in [-0.3, -0.25) is 0 Å². The highest BCUT2D eigenvalue weighted by molar-refractivity contribution is 6.22. The van der Waals surface area contributed by atoms with Crippen LogP contribution in [0.25, 0.3) is 0 Å². The number of nitrogens with one attached hydrogen (secondary N) is 1. The minimum Gasteiger partial charge on any atom is -0.316 e. The fourth-order valence-corrected chi connectivity index (χ4v) is 2.35. The Balaban J connectivity index is 2.25. The zero-order chi connectivity index (χ0) is 9.26. The lowest BCUT2D eigenvalue weighted by atomic mass is 9.88. The quantitative estimate of drug-likeness (QED) is 0.589. The van der Waals surface area contributed by atoms with Crippen LogP contribution in [0.1, 0.15) is 19.8 Å². The third-order valence-electron chi connectivity index (χ3n) is 2.87. The molecule has 2 rings (SSSR count). The van der Waals surface area contributed by atoms with E-state index in [1.54, 1.807) is 0 Å². The van der Waals surface area contributed by atoms with Crippen molar-refractivity contribution >= 4 is 11.6 Å². The van der Waals surface area contributed by atoms with Crippen molar-refractivity contribution in [1.82, 2.24) is 5.32 Å². The Morgan fingerprint density at radius 3 is 3.23 bits per heavy atom. The molecule has 1 aliphatic carbocycles. The first kappa shape index (κ1) is 9.29. The summed E-state index contributed by atoms with van der Waals surface area (Å²) in [5, 5.41) is 3.67. The smallest absolute Gasteiger partial charge is 0.0556 e. The van der Waals surface area contributed by atoms with E-state index in [1.165, 1.54) is 17.6 Å². The van der Waals surface area contributed by atoms with Gasteiger partial charge < -0.3 is 5.32 Å². The molecule has 1 heterocycles. The molecule has 1 aliphatic heterocycles. The zero-order valence-corrected chi connectivity index (χ0v) is 8.77. The summed E-state index contributed by atoms with van der Waals surface area (Å²) in [5.41, 5.74) is 3.01. The highest BCUT2D eigenvalue weighted by Crippen LogP contribution is 2.30. The van der Waals surface area contributed by atoms with E-state index in [4.69, 9.17) is 11.6 Å². The van der Waals surface area contributed by atoms with Crippen LogP contribution in [0.4, 0.5) is 0 Å². The van der Waals surface area contributed by atoms with E-state index < -0.39 is 0 Å². The van der Waals surface area contributed by atoms with Crippen LogP contribution in [0.2, 0.25) is 0 Å². The normalized spacial score (nSPS) is 34.3. The Morgan fingerprint density at radius 1 is 1.54 bits per heavy atom. The Morgan fingerprint density at radius 2 is 2.38 bits per heavy atom. The molecule has 0 bridgehead atoms. The molecule has 2 heteroatoms. The largest absolute Gasteiger partial charge is 0.316 e. The minimum absolute atomic E-state index is 0.222. The van der Waals surface area contributed by atoms with Crippen molar-refractivity contribution in [3.8, 4) is 0 Å². The lowest BCUT2D eigenvalue weighted by molar-refractivity contribution is 0.609. The van der Waals surface area contributed by atoms with E-state index in [9.17, 15) is 0 Å². The lowest BCUT2D eigenvalue weighted by Crippen LogP contribution is -2.19. The van der Waals surface area contributed by atoms with Crippen LogP contribution in [-0.4, -0.2) is 18.5 Å². The molecule has 72 valence electrons. The predicted molar refractivity (Wildman–Crippen MR) is 57.1 cm³/mol. The van der Waals surface area contributed by atoms with E-state index in [2.05, 4.69) is 24.4 Å². The fourth-order valence-electron chi connectivity index (χ4n) is 2.12. The van der Waals surface area contributed by atoms with Crippen molar-refractivity contribution < 1.29 is 0 Å². The van der Waals surface area contributed by atoms with Gasteiger partial charge in [-0.05, 0) is 36.5 Å². The van der Waals surface area contributed by atoms with Gasteiger partial charge in [-0.15, -0.1) is 11.6 Å². The van der Waals surface area contributed by atoms with Gasteiger partial charge in [0.15, 0.2) is 0 Å². The van der Waals surface area contributed by atoms with Gasteiger partial charge in [-0.2, -0.15) is 0 Å². The topological polar surface area (TPSA) is 12.0 Å². The number of rotatable bonds is 0. The van der Waals surface area contributed by atoms with E-state index in [0.717, 1.165) is 19.5 Å². The molecule has 0 spiro atoms. The van der Waals surface area contributed by atoms with Gasteiger partial charge in [0.1, 0.15) is 0 Å². The molecule has 1 unspecified atom stereocenters. The van der Waals surface area contributed by atoms with E-state index in [1.807, 2.05) is 0 Å². The maximum atomic E-state index is 6.11. The van der Waals surface area contributed by atoms with Crippen LogP contribution in [0.5, 0.6) is 0 Å². The molecule has 0 aromatic heterocycles. The first-order valence-electron chi connectivity index (χ1n) is 5.03. The third kappa shape index (κ3) is 1.97. The van der Waals surface area contributed by atoms with Gasteiger partial charge >= 0.3 is 0 Å². The summed E-state index contributed by atoms with van der Waals surface area (Å²) in [6, 6.07) is 0. The Labute approximate surface area is 84.9 Å². The summed E-state index contributed by atoms with van der Waals surface area (Å²) >= 11 is 6.11. The SMILES string of the molecule is C[C@H]1CNCCC2=CCC(Cl)C=C21. The molecule has 1 fully saturated rings. The molecule has 1 nitrogen and oxygen atoms in total. The van der Waals surface area contributed by atoms with E-state index in [0.29, 0.717) is 5.92 Å². The summed E-state index contributed by atoms with van der Waals surface area (Å²) in [4.78, 5) is 0. The molecule has 0 aromatic rings. The van der Waals surface area contributed by atoms with Gasteiger partial charge in [0, 0.05) is 6.54 Å². The Hall–Kier alpha value is -0.270. The molecule has 1 N–H and O–H groups in total. The minimum atomic E-state index is 0.222. The van der Waals surface area contributed by atoms with Crippen LogP contribution >= 0.6 is 11.6 Å². The van der Waals surface area contributed by atoms with Crippen molar-refractivity contribution in [2.24, 2.45) is 5.92 Å². The summed E-state index contributed by atoms with van der Waals surface area (Å²) in [5.74, 6) is 0.621. The number of halogens is 1. The van der Waals surface area contributed by atoms with Crippen molar-refractivity contribution in [3.63, 3.8) is 0 Å². The molecule has 2 atom stereocenters. The van der Waals surface area contributed by atoms with Crippen molar-refractivity contribution in [1.29, 1.82) is 0 Å². The third-order valence-corrected chi connectivity index (χ3v) is 3.18. The number of alkyl halides is 1. The predicted octanol–water partition coefficient (Wildman–Crippen LogP) is 2.48. The van der Waals surface area contributed by atoms with Gasteiger partial charge in [0.25, 0.3) is 0 Å². The summed E-state index contributed by atoms with van der Waals surface area (Å²) in [6.07, 6.45) is 6.73. The number of hydrogen-bond acceptors (Lipinski definition) is 1. The maximum Gasteiger partial charge on any atom is 0.0556 e. The van der Waals surface area contributed by atoms with E-state index in [-0.39, 0.29) is 5.38 Å². The van der Waals surface area contributed by atoms with Gasteiger partial charge in [0.2, 0.25) is 0 Å². The summed E-state index contributed by atoms with van der Waals surface area (Å²) in [7, 11) is 0. The van der Waals surface area contributed by atoms with Crippen LogP contribution in [0.3, 0.4) is 0 Å². The first-order chi connectivity index (χ1) is 6.27. The highest BCUT2D eigenvalue weighted by atomic mass is 35.5. The average Bonchev–Trinajstić information content (AvgIpc) is 2.29. The fraction of sp³-hybridized carbons (Fsp3) is 0.636. The van der Waals surface area contributed by atoms with Crippen LogP contribution < -0.4 is 5.32 Å². The standard InChI is InChI=1S/C11H16ClN/c1-8-7-13-5-4-9-2-3-10(12)6-11(8)9/h2,6,8,10,13H,3-5,7H2,1H3/t8-,10?/m0/s1. The highest BCUT2D eigenvalue weighted by Gasteiger charge is 2.20. The van der Waals surface area contributed by atoms with Gasteiger partial charge in [-0.1, -0.05) is 19.1 Å². The number of allylic oxidation sites excluding steroid dienone is 2. The van der Waals surface area contributed by atoms with Crippen LogP contribution in [0, 0.1) is 5.92 Å². The van der Waals surface area contributed by atoms with Gasteiger partial charge in [-0.25, -0.2) is 0 Å². The Bertz CT molecular complexity index is 255. The molecule has 0 radical (unpaired) electrons. The first-order valence-corrected chi connectivity index (χ1v) is 5.47. The number of hydrogen-bond donors (Lipinski definition) is 1. The molecular weight excluding hydrogens is 182 g/mol. The van der Waals surface area contributed by atoms with Gasteiger partial charge in [0.05, 0.1) is 5.38 Å². The van der Waals surface area contributed by atoms with Crippen molar-refractivity contribution in [3.05, 3.63) is 23.3 Å². The number of fused-ring (bicyclic) bond motifs is 1. The molecular formula is C11H16ClN. The molecule has 1 saturated heterocycles. The zero-order valence-electron chi connectivity index (χ0n) is 8.02. The second kappa shape index (κ2) is 3.85.